The highest BCUT2D eigenvalue weighted by atomic mass is 16.2. The first-order chi connectivity index (χ1) is 8.22. The van der Waals surface area contributed by atoms with E-state index >= 15 is 0 Å². The lowest BCUT2D eigenvalue weighted by Crippen LogP contribution is -2.41. The molecule has 0 saturated carbocycles. The number of carbonyl (C=O) groups excluding carboxylic acids is 1. The minimum absolute atomic E-state index is 0.00475. The quantitative estimate of drug-likeness (QED) is 0.778. The van der Waals surface area contributed by atoms with E-state index < -0.39 is 0 Å². The molecule has 0 spiro atoms. The third kappa shape index (κ3) is 2.99. The van der Waals surface area contributed by atoms with Crippen molar-refractivity contribution in [2.75, 3.05) is 26.2 Å². The van der Waals surface area contributed by atoms with Crippen molar-refractivity contribution in [1.29, 1.82) is 0 Å². The SMILES string of the molecule is CCCC1NC(C)C(=O)N1CCN1CCCC1. The first-order valence-corrected chi connectivity index (χ1v) is 7.01. The lowest BCUT2D eigenvalue weighted by molar-refractivity contribution is -0.130. The van der Waals surface area contributed by atoms with Crippen molar-refractivity contribution in [2.45, 2.75) is 51.7 Å². The van der Waals surface area contributed by atoms with Gasteiger partial charge >= 0.3 is 0 Å². The fourth-order valence-electron chi connectivity index (χ4n) is 2.89. The fraction of sp³-hybridized carbons (Fsp3) is 0.923. The number of likely N-dealkylation sites (tertiary alicyclic amines) is 1. The van der Waals surface area contributed by atoms with Crippen LogP contribution in [0.5, 0.6) is 0 Å². The zero-order chi connectivity index (χ0) is 12.3. The van der Waals surface area contributed by atoms with E-state index in [1.165, 1.54) is 25.9 Å². The second-order valence-electron chi connectivity index (χ2n) is 5.27. The highest BCUT2D eigenvalue weighted by Crippen LogP contribution is 2.15. The summed E-state index contributed by atoms with van der Waals surface area (Å²) in [6.45, 7) is 8.50. The molecule has 2 rings (SSSR count). The lowest BCUT2D eigenvalue weighted by atomic mass is 10.2. The lowest BCUT2D eigenvalue weighted by Gasteiger charge is -2.26. The van der Waals surface area contributed by atoms with Gasteiger partial charge in [-0.15, -0.1) is 0 Å². The second-order valence-corrected chi connectivity index (χ2v) is 5.27. The third-order valence-electron chi connectivity index (χ3n) is 3.89. The average Bonchev–Trinajstić information content (AvgIpc) is 2.89. The summed E-state index contributed by atoms with van der Waals surface area (Å²) < 4.78 is 0. The number of nitrogens with zero attached hydrogens (tertiary/aromatic N) is 2. The van der Waals surface area contributed by atoms with Crippen LogP contribution in [0.3, 0.4) is 0 Å². The van der Waals surface area contributed by atoms with Gasteiger partial charge < -0.3 is 9.80 Å². The molecule has 2 aliphatic heterocycles. The van der Waals surface area contributed by atoms with Gasteiger partial charge in [0, 0.05) is 13.1 Å². The van der Waals surface area contributed by atoms with Gasteiger partial charge in [-0.1, -0.05) is 13.3 Å². The summed E-state index contributed by atoms with van der Waals surface area (Å²) in [5, 5.41) is 3.39. The maximum Gasteiger partial charge on any atom is 0.240 e. The number of rotatable bonds is 5. The summed E-state index contributed by atoms with van der Waals surface area (Å²) in [5.74, 6) is 0.280. The number of amides is 1. The van der Waals surface area contributed by atoms with Crippen LogP contribution in [0.4, 0.5) is 0 Å². The van der Waals surface area contributed by atoms with E-state index in [-0.39, 0.29) is 18.1 Å². The van der Waals surface area contributed by atoms with Gasteiger partial charge in [-0.2, -0.15) is 0 Å². The molecule has 1 amide bonds. The monoisotopic (exact) mass is 239 g/mol. The molecule has 0 bridgehead atoms. The average molecular weight is 239 g/mol. The van der Waals surface area contributed by atoms with Crippen LogP contribution in [0.15, 0.2) is 0 Å². The summed E-state index contributed by atoms with van der Waals surface area (Å²) in [4.78, 5) is 16.6. The van der Waals surface area contributed by atoms with Gasteiger partial charge in [-0.05, 0) is 39.3 Å². The molecular weight excluding hydrogens is 214 g/mol. The predicted octanol–water partition coefficient (Wildman–Crippen LogP) is 1.03. The topological polar surface area (TPSA) is 35.6 Å². The Balaban J connectivity index is 1.84. The molecule has 2 aliphatic rings. The minimum Gasteiger partial charge on any atom is -0.325 e. The summed E-state index contributed by atoms with van der Waals surface area (Å²) >= 11 is 0. The Morgan fingerprint density at radius 2 is 2.00 bits per heavy atom. The summed E-state index contributed by atoms with van der Waals surface area (Å²) in [6, 6.07) is 0.00475. The Labute approximate surface area is 104 Å². The van der Waals surface area contributed by atoms with Crippen LogP contribution in [0.1, 0.15) is 39.5 Å². The Kier molecular flexibility index (Phi) is 4.40. The number of nitrogens with one attached hydrogen (secondary N) is 1. The number of hydrogen-bond donors (Lipinski definition) is 1. The zero-order valence-corrected chi connectivity index (χ0v) is 11.1. The van der Waals surface area contributed by atoms with Gasteiger partial charge in [0.2, 0.25) is 5.91 Å². The molecule has 2 heterocycles. The van der Waals surface area contributed by atoms with Crippen LogP contribution in [-0.4, -0.2) is 54.1 Å². The molecule has 1 N–H and O–H groups in total. The maximum absolute atomic E-state index is 12.0. The van der Waals surface area contributed by atoms with Crippen LogP contribution < -0.4 is 5.32 Å². The van der Waals surface area contributed by atoms with Crippen molar-refractivity contribution in [3.8, 4) is 0 Å². The highest BCUT2D eigenvalue weighted by molar-refractivity contribution is 5.83. The third-order valence-corrected chi connectivity index (χ3v) is 3.89. The molecule has 2 unspecified atom stereocenters. The molecule has 17 heavy (non-hydrogen) atoms. The smallest absolute Gasteiger partial charge is 0.240 e. The van der Waals surface area contributed by atoms with Crippen LogP contribution >= 0.6 is 0 Å². The molecule has 4 nitrogen and oxygen atoms in total. The van der Waals surface area contributed by atoms with Gasteiger partial charge in [0.1, 0.15) is 0 Å². The van der Waals surface area contributed by atoms with E-state index in [1.807, 2.05) is 11.8 Å². The molecule has 4 heteroatoms. The number of hydrogen-bond acceptors (Lipinski definition) is 3. The first kappa shape index (κ1) is 12.8. The normalized spacial score (nSPS) is 30.5. The Bertz CT molecular complexity index is 263. The van der Waals surface area contributed by atoms with Crippen molar-refractivity contribution >= 4 is 5.91 Å². The van der Waals surface area contributed by atoms with Crippen LogP contribution in [0, 0.1) is 0 Å². The number of carbonyl (C=O) groups is 1. The molecule has 0 aromatic rings. The van der Waals surface area contributed by atoms with Crippen molar-refractivity contribution in [3.63, 3.8) is 0 Å². The van der Waals surface area contributed by atoms with E-state index in [0.29, 0.717) is 0 Å². The molecule has 2 saturated heterocycles. The molecule has 2 fully saturated rings. The van der Waals surface area contributed by atoms with Gasteiger partial charge in [0.25, 0.3) is 0 Å². The Hall–Kier alpha value is -0.610. The maximum atomic E-state index is 12.0. The molecule has 0 aromatic carbocycles. The summed E-state index contributed by atoms with van der Waals surface area (Å²) in [7, 11) is 0. The van der Waals surface area contributed by atoms with Gasteiger partial charge in [0.15, 0.2) is 0 Å². The standard InChI is InChI=1S/C13H25N3O/c1-3-6-12-14-11(2)13(17)16(12)10-9-15-7-4-5-8-15/h11-12,14H,3-10H2,1-2H3. The molecule has 2 atom stereocenters. The van der Waals surface area contributed by atoms with Crippen molar-refractivity contribution in [3.05, 3.63) is 0 Å². The molecule has 0 radical (unpaired) electrons. The van der Waals surface area contributed by atoms with Crippen molar-refractivity contribution in [2.24, 2.45) is 0 Å². The fourth-order valence-corrected chi connectivity index (χ4v) is 2.89. The zero-order valence-electron chi connectivity index (χ0n) is 11.1. The van der Waals surface area contributed by atoms with Crippen LogP contribution in [-0.2, 0) is 4.79 Å². The molecule has 0 aliphatic carbocycles. The van der Waals surface area contributed by atoms with Crippen molar-refractivity contribution < 1.29 is 4.79 Å². The largest absolute Gasteiger partial charge is 0.325 e. The van der Waals surface area contributed by atoms with E-state index in [9.17, 15) is 4.79 Å². The van der Waals surface area contributed by atoms with Gasteiger partial charge in [-0.25, -0.2) is 0 Å². The second kappa shape index (κ2) is 5.83. The first-order valence-electron chi connectivity index (χ1n) is 7.01. The summed E-state index contributed by atoms with van der Waals surface area (Å²) in [6.07, 6.45) is 5.10. The highest BCUT2D eigenvalue weighted by Gasteiger charge is 2.35. The predicted molar refractivity (Wildman–Crippen MR) is 68.7 cm³/mol. The van der Waals surface area contributed by atoms with E-state index in [1.54, 1.807) is 0 Å². The molecule has 0 aromatic heterocycles. The van der Waals surface area contributed by atoms with E-state index in [2.05, 4.69) is 17.1 Å². The minimum atomic E-state index is 0.00475. The summed E-state index contributed by atoms with van der Waals surface area (Å²) in [5.41, 5.74) is 0. The van der Waals surface area contributed by atoms with Crippen LogP contribution in [0.25, 0.3) is 0 Å². The van der Waals surface area contributed by atoms with Crippen molar-refractivity contribution in [1.82, 2.24) is 15.1 Å². The van der Waals surface area contributed by atoms with E-state index in [4.69, 9.17) is 0 Å². The van der Waals surface area contributed by atoms with Gasteiger partial charge in [0.05, 0.1) is 12.2 Å². The molecule has 98 valence electrons. The van der Waals surface area contributed by atoms with Gasteiger partial charge in [-0.3, -0.25) is 10.1 Å². The molecular formula is C13H25N3O. The Morgan fingerprint density at radius 1 is 1.29 bits per heavy atom. The Morgan fingerprint density at radius 3 is 2.65 bits per heavy atom. The van der Waals surface area contributed by atoms with E-state index in [0.717, 1.165) is 25.9 Å². The van der Waals surface area contributed by atoms with Crippen LogP contribution in [0.2, 0.25) is 0 Å².